The molecule has 0 bridgehead atoms. The highest BCUT2D eigenvalue weighted by Gasteiger charge is 2.28. The Morgan fingerprint density at radius 1 is 0.862 bits per heavy atom. The highest BCUT2D eigenvalue weighted by atomic mass is 16.5. The number of allylic oxidation sites excluding steroid dienone is 2. The van der Waals surface area contributed by atoms with Crippen molar-refractivity contribution in [2.45, 2.75) is 129 Å². The molecule has 4 nitrogen and oxygen atoms in total. The smallest absolute Gasteiger partial charge is 0.328 e. The Hall–Kier alpha value is -1.32. The van der Waals surface area contributed by atoms with Crippen LogP contribution in [0.4, 0.5) is 0 Å². The standard InChI is InChI=1S/C25H45NO3/c1-2-3-4-5-6-7-8-9-10-11-12-13-14-15-16-17-18-19-22-29-25(28)23-20-21-24(27)26-23/h5-6,23H,2-4,7-22H2,1H3,(H,26,27)/b6-5+/t23-/m0/s1. The van der Waals surface area contributed by atoms with E-state index in [0.29, 0.717) is 19.4 Å². The molecule has 0 radical (unpaired) electrons. The molecule has 0 aromatic heterocycles. The van der Waals surface area contributed by atoms with Gasteiger partial charge < -0.3 is 10.1 Å². The van der Waals surface area contributed by atoms with E-state index < -0.39 is 6.04 Å². The van der Waals surface area contributed by atoms with Crippen molar-refractivity contribution in [3.05, 3.63) is 12.2 Å². The quantitative estimate of drug-likeness (QED) is 0.149. The van der Waals surface area contributed by atoms with Crippen LogP contribution in [0.2, 0.25) is 0 Å². The third-order valence-electron chi connectivity index (χ3n) is 5.68. The van der Waals surface area contributed by atoms with Crippen molar-refractivity contribution in [2.24, 2.45) is 0 Å². The molecule has 0 unspecified atom stereocenters. The van der Waals surface area contributed by atoms with Gasteiger partial charge >= 0.3 is 5.97 Å². The van der Waals surface area contributed by atoms with Gasteiger partial charge in [-0.1, -0.05) is 96.1 Å². The number of ether oxygens (including phenoxy) is 1. The fourth-order valence-corrected chi connectivity index (χ4v) is 3.75. The molecule has 0 aromatic carbocycles. The van der Waals surface area contributed by atoms with E-state index in [9.17, 15) is 9.59 Å². The van der Waals surface area contributed by atoms with Gasteiger partial charge in [-0.15, -0.1) is 0 Å². The lowest BCUT2D eigenvalue weighted by atomic mass is 10.0. The highest BCUT2D eigenvalue weighted by molar-refractivity contribution is 5.87. The average Bonchev–Trinajstić information content (AvgIpc) is 3.16. The van der Waals surface area contributed by atoms with Crippen LogP contribution in [0.5, 0.6) is 0 Å². The molecule has 1 fully saturated rings. The van der Waals surface area contributed by atoms with Gasteiger partial charge in [0.1, 0.15) is 6.04 Å². The second-order valence-corrected chi connectivity index (χ2v) is 8.47. The van der Waals surface area contributed by atoms with Crippen LogP contribution in [0.1, 0.15) is 122 Å². The van der Waals surface area contributed by atoms with E-state index in [1.54, 1.807) is 0 Å². The molecular weight excluding hydrogens is 362 g/mol. The monoisotopic (exact) mass is 407 g/mol. The third kappa shape index (κ3) is 15.2. The van der Waals surface area contributed by atoms with Gasteiger partial charge in [0.15, 0.2) is 0 Å². The zero-order chi connectivity index (χ0) is 21.0. The van der Waals surface area contributed by atoms with Gasteiger partial charge in [0.25, 0.3) is 0 Å². The summed E-state index contributed by atoms with van der Waals surface area (Å²) in [4.78, 5) is 22.8. The fourth-order valence-electron chi connectivity index (χ4n) is 3.75. The normalized spacial score (nSPS) is 16.4. The van der Waals surface area contributed by atoms with Gasteiger partial charge in [0.05, 0.1) is 6.61 Å². The molecule has 29 heavy (non-hydrogen) atoms. The van der Waals surface area contributed by atoms with E-state index in [2.05, 4.69) is 24.4 Å². The summed E-state index contributed by atoms with van der Waals surface area (Å²) in [5, 5.41) is 2.65. The summed E-state index contributed by atoms with van der Waals surface area (Å²) < 4.78 is 5.25. The number of esters is 1. The molecule has 1 aliphatic rings. The van der Waals surface area contributed by atoms with Crippen molar-refractivity contribution >= 4 is 11.9 Å². The Morgan fingerprint density at radius 3 is 1.90 bits per heavy atom. The third-order valence-corrected chi connectivity index (χ3v) is 5.68. The van der Waals surface area contributed by atoms with E-state index in [1.165, 1.54) is 89.9 Å². The van der Waals surface area contributed by atoms with Crippen molar-refractivity contribution in [3.8, 4) is 0 Å². The Balaban J connectivity index is 1.72. The van der Waals surface area contributed by atoms with Gasteiger partial charge in [0, 0.05) is 6.42 Å². The van der Waals surface area contributed by atoms with Crippen LogP contribution in [0.3, 0.4) is 0 Å². The first-order valence-corrected chi connectivity index (χ1v) is 12.3. The molecule has 1 amide bonds. The van der Waals surface area contributed by atoms with E-state index >= 15 is 0 Å². The van der Waals surface area contributed by atoms with Crippen LogP contribution in [0, 0.1) is 0 Å². The number of rotatable bonds is 19. The Bertz CT molecular complexity index is 447. The molecule has 1 heterocycles. The molecule has 1 N–H and O–H groups in total. The van der Waals surface area contributed by atoms with Crippen molar-refractivity contribution in [1.29, 1.82) is 0 Å². The molecule has 1 aliphatic heterocycles. The van der Waals surface area contributed by atoms with Crippen LogP contribution < -0.4 is 5.32 Å². The van der Waals surface area contributed by atoms with E-state index in [1.807, 2.05) is 0 Å². The number of amides is 1. The maximum absolute atomic E-state index is 11.7. The summed E-state index contributed by atoms with van der Waals surface area (Å²) in [6, 6.07) is -0.408. The molecule has 1 saturated heterocycles. The zero-order valence-corrected chi connectivity index (χ0v) is 18.9. The summed E-state index contributed by atoms with van der Waals surface area (Å²) in [6.07, 6.45) is 26.4. The first kappa shape index (κ1) is 25.7. The first-order valence-electron chi connectivity index (χ1n) is 12.3. The van der Waals surface area contributed by atoms with Crippen molar-refractivity contribution < 1.29 is 14.3 Å². The van der Waals surface area contributed by atoms with E-state index in [4.69, 9.17) is 4.74 Å². The largest absolute Gasteiger partial charge is 0.464 e. The van der Waals surface area contributed by atoms with Gasteiger partial charge in [-0.3, -0.25) is 4.79 Å². The molecule has 1 atom stereocenters. The van der Waals surface area contributed by atoms with Crippen molar-refractivity contribution in [2.75, 3.05) is 6.61 Å². The first-order chi connectivity index (χ1) is 14.2. The number of carbonyl (C=O) groups is 2. The Labute approximate surface area is 179 Å². The van der Waals surface area contributed by atoms with E-state index in [-0.39, 0.29) is 11.9 Å². The second kappa shape index (κ2) is 18.7. The fraction of sp³-hybridized carbons (Fsp3) is 0.840. The average molecular weight is 408 g/mol. The summed E-state index contributed by atoms with van der Waals surface area (Å²) >= 11 is 0. The summed E-state index contributed by atoms with van der Waals surface area (Å²) in [6.45, 7) is 2.73. The number of nitrogens with one attached hydrogen (secondary N) is 1. The highest BCUT2D eigenvalue weighted by Crippen LogP contribution is 2.13. The number of hydrogen-bond acceptors (Lipinski definition) is 3. The maximum Gasteiger partial charge on any atom is 0.328 e. The van der Waals surface area contributed by atoms with Gasteiger partial charge in [-0.05, 0) is 32.1 Å². The zero-order valence-electron chi connectivity index (χ0n) is 18.9. The summed E-state index contributed by atoms with van der Waals surface area (Å²) in [7, 11) is 0. The summed E-state index contributed by atoms with van der Waals surface area (Å²) in [5.74, 6) is -0.308. The molecule has 1 rings (SSSR count). The predicted molar refractivity (Wildman–Crippen MR) is 121 cm³/mol. The summed E-state index contributed by atoms with van der Waals surface area (Å²) in [5.41, 5.74) is 0. The SMILES string of the molecule is CCCC/C=C/CCCCCCCCCCCCCCOC(=O)[C@@H]1CCC(=O)N1. The van der Waals surface area contributed by atoms with Gasteiger partial charge in [-0.25, -0.2) is 4.79 Å². The lowest BCUT2D eigenvalue weighted by molar-refractivity contribution is -0.146. The molecule has 168 valence electrons. The minimum atomic E-state index is -0.408. The maximum atomic E-state index is 11.7. The number of hydrogen-bond donors (Lipinski definition) is 1. The number of carbonyl (C=O) groups excluding carboxylic acids is 2. The van der Waals surface area contributed by atoms with Gasteiger partial charge in [0.2, 0.25) is 5.91 Å². The number of unbranched alkanes of at least 4 members (excludes halogenated alkanes) is 14. The van der Waals surface area contributed by atoms with Gasteiger partial charge in [-0.2, -0.15) is 0 Å². The lowest BCUT2D eigenvalue weighted by Crippen LogP contribution is -2.34. The minimum absolute atomic E-state index is 0.0439. The lowest BCUT2D eigenvalue weighted by Gasteiger charge is -2.09. The second-order valence-electron chi connectivity index (χ2n) is 8.47. The minimum Gasteiger partial charge on any atom is -0.464 e. The molecular formula is C25H45NO3. The predicted octanol–water partition coefficient (Wildman–Crippen LogP) is 6.63. The molecule has 0 aromatic rings. The molecule has 0 aliphatic carbocycles. The van der Waals surface area contributed by atoms with Crippen LogP contribution in [0.25, 0.3) is 0 Å². The van der Waals surface area contributed by atoms with Crippen molar-refractivity contribution in [1.82, 2.24) is 5.32 Å². The molecule has 0 saturated carbocycles. The molecule has 4 heteroatoms. The van der Waals surface area contributed by atoms with Crippen LogP contribution in [-0.2, 0) is 14.3 Å². The van der Waals surface area contributed by atoms with Crippen molar-refractivity contribution in [3.63, 3.8) is 0 Å². The topological polar surface area (TPSA) is 55.4 Å². The Kier molecular flexibility index (Phi) is 16.6. The van der Waals surface area contributed by atoms with E-state index in [0.717, 1.165) is 12.8 Å². The van der Waals surface area contributed by atoms with Crippen LogP contribution in [-0.4, -0.2) is 24.5 Å². The Morgan fingerprint density at radius 2 is 1.38 bits per heavy atom. The molecule has 0 spiro atoms. The van der Waals surface area contributed by atoms with Crippen LogP contribution >= 0.6 is 0 Å². The van der Waals surface area contributed by atoms with Crippen LogP contribution in [0.15, 0.2) is 12.2 Å².